The van der Waals surface area contributed by atoms with Gasteiger partial charge in [-0.15, -0.1) is 6.42 Å². The van der Waals surface area contributed by atoms with Crippen molar-refractivity contribution in [3.8, 4) is 18.4 Å². The molecule has 3 aliphatic heterocycles. The van der Waals surface area contributed by atoms with E-state index < -0.39 is 29.7 Å². The molecule has 47 heavy (non-hydrogen) atoms. The summed E-state index contributed by atoms with van der Waals surface area (Å²) in [6.45, 7) is 10.8. The van der Waals surface area contributed by atoms with Gasteiger partial charge in [0.25, 0.3) is 0 Å². The number of rotatable bonds is 7. The van der Waals surface area contributed by atoms with Crippen LogP contribution in [0.5, 0.6) is 6.01 Å². The Kier molecular flexibility index (Phi) is 10.3. The molecule has 3 aliphatic rings. The Bertz CT molecular complexity index is 1620. The van der Waals surface area contributed by atoms with Gasteiger partial charge in [0, 0.05) is 44.5 Å². The van der Waals surface area contributed by atoms with E-state index in [4.69, 9.17) is 15.9 Å². The normalized spacial score (nSPS) is 19.6. The zero-order chi connectivity index (χ0) is 33.9. The summed E-state index contributed by atoms with van der Waals surface area (Å²) in [7, 11) is 3.10. The van der Waals surface area contributed by atoms with Crippen molar-refractivity contribution in [3.63, 3.8) is 0 Å². The zero-order valence-corrected chi connectivity index (χ0v) is 28.1. The van der Waals surface area contributed by atoms with E-state index in [2.05, 4.69) is 31.1 Å². The quantitative estimate of drug-likeness (QED) is 0.284. The molecule has 0 aliphatic carbocycles. The third-order valence-corrected chi connectivity index (χ3v) is 8.83. The lowest BCUT2D eigenvalue weighted by Gasteiger charge is -2.33. The molecule has 0 saturated carbocycles. The smallest absolute Gasteiger partial charge is 0.410 e. The second-order valence-corrected chi connectivity index (χ2v) is 13.2. The SMILES string of the molecule is C#Cc1cccc(C(CC)N(C)C(=O)OC(C)(C)C)c1Nc1nc(N2CCC2)c2cnc(OC)nc2c1F.FC1CC2CCCN2C1. The van der Waals surface area contributed by atoms with Gasteiger partial charge in [0.2, 0.25) is 0 Å². The first kappa shape index (κ1) is 34.1. The van der Waals surface area contributed by atoms with E-state index in [1.165, 1.54) is 31.0 Å². The minimum atomic E-state index is -0.656. The van der Waals surface area contributed by atoms with E-state index in [9.17, 15) is 9.18 Å². The highest BCUT2D eigenvalue weighted by Gasteiger charge is 2.35. The highest BCUT2D eigenvalue weighted by molar-refractivity contribution is 5.93. The zero-order valence-electron chi connectivity index (χ0n) is 28.1. The highest BCUT2D eigenvalue weighted by Crippen LogP contribution is 2.38. The standard InChI is InChI=1S/C28H33FN6O3.C7H12FN/c1-8-17-12-10-13-18(20(9-2)34(6)27(36)38-28(3,4)5)22(17)31-24-21(29)23-19(16-30-26(32-23)37-7)25(33-24)35-14-11-15-35;8-6-4-7-2-1-3-9(7)5-6/h1,10,12-13,16,20H,9,11,14-15H2,2-7H3,(H,31,33);6-7H,1-5H2. The lowest BCUT2D eigenvalue weighted by Crippen LogP contribution is -2.38. The van der Waals surface area contributed by atoms with Gasteiger partial charge in [-0.2, -0.15) is 4.98 Å². The van der Waals surface area contributed by atoms with E-state index in [0.717, 1.165) is 32.5 Å². The second-order valence-electron chi connectivity index (χ2n) is 13.2. The fraction of sp³-hybridized carbons (Fsp3) is 0.543. The number of fused-ring (bicyclic) bond motifs is 2. The molecular weight excluding hydrogens is 604 g/mol. The van der Waals surface area contributed by atoms with Crippen LogP contribution in [0.25, 0.3) is 10.9 Å². The molecule has 6 rings (SSSR count). The number of pyridine rings is 1. The number of carbonyl (C=O) groups excluding carboxylic acids is 1. The average molecular weight is 650 g/mol. The van der Waals surface area contributed by atoms with Gasteiger partial charge < -0.3 is 24.6 Å². The summed E-state index contributed by atoms with van der Waals surface area (Å²) in [5.41, 5.74) is 1.14. The van der Waals surface area contributed by atoms with Gasteiger partial charge in [0.15, 0.2) is 11.6 Å². The minimum Gasteiger partial charge on any atom is -0.467 e. The number of terminal acetylenes is 1. The van der Waals surface area contributed by atoms with Crippen molar-refractivity contribution in [1.29, 1.82) is 0 Å². The summed E-state index contributed by atoms with van der Waals surface area (Å²) in [5, 5.41) is 3.65. The summed E-state index contributed by atoms with van der Waals surface area (Å²) < 4.78 is 39.3. The van der Waals surface area contributed by atoms with Crippen LogP contribution >= 0.6 is 0 Å². The van der Waals surface area contributed by atoms with Crippen LogP contribution in [0.1, 0.15) is 77.0 Å². The lowest BCUT2D eigenvalue weighted by atomic mass is 9.97. The Labute approximate surface area is 275 Å². The maximum atomic E-state index is 15.9. The summed E-state index contributed by atoms with van der Waals surface area (Å²) in [6.07, 6.45) is 11.3. The number of ether oxygens (including phenoxy) is 2. The highest BCUT2D eigenvalue weighted by atomic mass is 19.1. The first-order chi connectivity index (χ1) is 22.4. The molecule has 3 atom stereocenters. The van der Waals surface area contributed by atoms with Crippen molar-refractivity contribution < 1.29 is 23.0 Å². The number of para-hydroxylation sites is 1. The number of anilines is 3. The Morgan fingerprint density at radius 2 is 2.00 bits per heavy atom. The van der Waals surface area contributed by atoms with Crippen molar-refractivity contribution in [1.82, 2.24) is 24.8 Å². The molecule has 3 aromatic rings. The number of halogens is 2. The maximum Gasteiger partial charge on any atom is 0.410 e. The largest absolute Gasteiger partial charge is 0.467 e. The molecule has 0 spiro atoms. The molecule has 3 saturated heterocycles. The van der Waals surface area contributed by atoms with Crippen LogP contribution in [-0.4, -0.2) is 89.0 Å². The summed E-state index contributed by atoms with van der Waals surface area (Å²) in [6, 6.07) is 5.69. The molecule has 1 aromatic carbocycles. The van der Waals surface area contributed by atoms with Crippen molar-refractivity contribution in [2.45, 2.75) is 83.7 Å². The monoisotopic (exact) mass is 649 g/mol. The minimum absolute atomic E-state index is 0.0288. The number of hydrogen-bond donors (Lipinski definition) is 1. The maximum absolute atomic E-state index is 15.9. The number of nitrogens with one attached hydrogen (secondary N) is 1. The fourth-order valence-electron chi connectivity index (χ4n) is 6.39. The molecule has 3 fully saturated rings. The van der Waals surface area contributed by atoms with Crippen molar-refractivity contribution in [3.05, 3.63) is 41.3 Å². The van der Waals surface area contributed by atoms with Gasteiger partial charge in [0.1, 0.15) is 23.1 Å². The van der Waals surface area contributed by atoms with Crippen molar-refractivity contribution in [2.24, 2.45) is 0 Å². The molecule has 12 heteroatoms. The van der Waals surface area contributed by atoms with Crippen molar-refractivity contribution in [2.75, 3.05) is 50.6 Å². The lowest BCUT2D eigenvalue weighted by molar-refractivity contribution is 0.0216. The van der Waals surface area contributed by atoms with Crippen LogP contribution in [-0.2, 0) is 4.74 Å². The Morgan fingerprint density at radius 1 is 1.23 bits per heavy atom. The van der Waals surface area contributed by atoms with Gasteiger partial charge in [-0.25, -0.2) is 23.5 Å². The number of benzene rings is 1. The van der Waals surface area contributed by atoms with Gasteiger partial charge >= 0.3 is 12.1 Å². The predicted octanol–water partition coefficient (Wildman–Crippen LogP) is 6.62. The number of amides is 1. The Hall–Kier alpha value is -4.24. The first-order valence-electron chi connectivity index (χ1n) is 16.3. The predicted molar refractivity (Wildman–Crippen MR) is 179 cm³/mol. The van der Waals surface area contributed by atoms with Crippen LogP contribution < -0.4 is 15.0 Å². The van der Waals surface area contributed by atoms with E-state index in [1.54, 1.807) is 13.1 Å². The topological polar surface area (TPSA) is 96.0 Å². The average Bonchev–Trinajstić information content (AvgIpc) is 3.59. The van der Waals surface area contributed by atoms with E-state index >= 15 is 4.39 Å². The van der Waals surface area contributed by atoms with E-state index in [-0.39, 0.29) is 17.3 Å². The molecule has 0 bridgehead atoms. The molecule has 5 heterocycles. The van der Waals surface area contributed by atoms with Crippen molar-refractivity contribution >= 4 is 34.3 Å². The summed E-state index contributed by atoms with van der Waals surface area (Å²) in [4.78, 5) is 31.8. The number of aromatic nitrogens is 3. The Morgan fingerprint density at radius 3 is 2.62 bits per heavy atom. The van der Waals surface area contributed by atoms with Gasteiger partial charge in [-0.3, -0.25) is 4.90 Å². The molecule has 252 valence electrons. The number of alkyl halides is 1. The first-order valence-corrected chi connectivity index (χ1v) is 16.3. The van der Waals surface area contributed by atoms with Crippen LogP contribution in [0.15, 0.2) is 24.4 Å². The molecule has 1 amide bonds. The second kappa shape index (κ2) is 14.3. The Balaban J connectivity index is 0.000000410. The number of nitrogens with zero attached hydrogens (tertiary/aromatic N) is 6. The number of methoxy groups -OCH3 is 1. The molecule has 10 nitrogen and oxygen atoms in total. The third-order valence-electron chi connectivity index (χ3n) is 8.83. The third kappa shape index (κ3) is 7.51. The molecule has 1 N–H and O–H groups in total. The molecule has 3 unspecified atom stereocenters. The number of carbonyl (C=O) groups is 1. The van der Waals surface area contributed by atoms with Gasteiger partial charge in [0.05, 0.1) is 24.2 Å². The van der Waals surface area contributed by atoms with Crippen LogP contribution in [0.2, 0.25) is 0 Å². The summed E-state index contributed by atoms with van der Waals surface area (Å²) in [5.74, 6) is 2.57. The number of hydrogen-bond acceptors (Lipinski definition) is 9. The van der Waals surface area contributed by atoms with Crippen LogP contribution in [0, 0.1) is 18.2 Å². The molecule has 2 aromatic heterocycles. The summed E-state index contributed by atoms with van der Waals surface area (Å²) >= 11 is 0. The molecule has 0 radical (unpaired) electrons. The van der Waals surface area contributed by atoms with Gasteiger partial charge in [-0.1, -0.05) is 25.0 Å². The fourth-order valence-corrected chi connectivity index (χ4v) is 6.39. The van der Waals surface area contributed by atoms with E-state index in [0.29, 0.717) is 47.0 Å². The van der Waals surface area contributed by atoms with Crippen LogP contribution in [0.4, 0.5) is 30.9 Å². The van der Waals surface area contributed by atoms with E-state index in [1.807, 2.05) is 44.7 Å². The molecular formula is C35H45F2N7O3. The van der Waals surface area contributed by atoms with Gasteiger partial charge in [-0.05, 0) is 71.0 Å². The van der Waals surface area contributed by atoms with Crippen LogP contribution in [0.3, 0.4) is 0 Å².